The molecule has 2 saturated heterocycles. The van der Waals surface area contributed by atoms with E-state index in [1.54, 1.807) is 0 Å². The standard InChI is InChI=1S/C11H18N2O4S/c14-10(15)9-6-17-3-2-13(9)11(16)12-5-8-1-4-18-7-8/h8-9H,1-7H2,(H,12,16)(H,14,15). The Kier molecular flexibility index (Phi) is 4.71. The molecule has 0 aromatic carbocycles. The number of urea groups is 1. The largest absolute Gasteiger partial charge is 0.480 e. The first-order chi connectivity index (χ1) is 8.68. The molecule has 102 valence electrons. The Bertz CT molecular complexity index is 320. The molecule has 0 spiro atoms. The van der Waals surface area contributed by atoms with Gasteiger partial charge in [0.25, 0.3) is 0 Å². The van der Waals surface area contributed by atoms with Crippen LogP contribution in [0, 0.1) is 5.92 Å². The van der Waals surface area contributed by atoms with Crippen LogP contribution in [0.1, 0.15) is 6.42 Å². The lowest BCUT2D eigenvalue weighted by atomic mass is 10.1. The molecule has 2 fully saturated rings. The van der Waals surface area contributed by atoms with Gasteiger partial charge in [0.2, 0.25) is 0 Å². The highest BCUT2D eigenvalue weighted by atomic mass is 32.2. The van der Waals surface area contributed by atoms with E-state index < -0.39 is 12.0 Å². The van der Waals surface area contributed by atoms with Crippen LogP contribution < -0.4 is 5.32 Å². The molecule has 7 heteroatoms. The third-order valence-corrected chi connectivity index (χ3v) is 4.47. The van der Waals surface area contributed by atoms with Crippen LogP contribution in [0.15, 0.2) is 0 Å². The number of carboxylic acids is 1. The van der Waals surface area contributed by atoms with Crippen LogP contribution in [0.25, 0.3) is 0 Å². The SMILES string of the molecule is O=C(O)C1COCCN1C(=O)NCC1CCSC1. The van der Waals surface area contributed by atoms with Gasteiger partial charge in [0, 0.05) is 13.1 Å². The van der Waals surface area contributed by atoms with Gasteiger partial charge in [0.15, 0.2) is 6.04 Å². The topological polar surface area (TPSA) is 78.9 Å². The van der Waals surface area contributed by atoms with Gasteiger partial charge in [-0.05, 0) is 23.8 Å². The van der Waals surface area contributed by atoms with Crippen molar-refractivity contribution >= 4 is 23.8 Å². The van der Waals surface area contributed by atoms with Crippen LogP contribution in [-0.4, -0.2) is 65.9 Å². The van der Waals surface area contributed by atoms with E-state index in [-0.39, 0.29) is 12.6 Å². The Morgan fingerprint density at radius 2 is 2.33 bits per heavy atom. The Morgan fingerprint density at radius 1 is 1.50 bits per heavy atom. The Hall–Kier alpha value is -0.950. The van der Waals surface area contributed by atoms with E-state index in [4.69, 9.17) is 9.84 Å². The minimum atomic E-state index is -1.01. The Morgan fingerprint density at radius 3 is 3.00 bits per heavy atom. The summed E-state index contributed by atoms with van der Waals surface area (Å²) in [6.07, 6.45) is 1.12. The molecule has 2 heterocycles. The minimum Gasteiger partial charge on any atom is -0.480 e. The molecule has 0 aromatic rings. The van der Waals surface area contributed by atoms with E-state index in [0.29, 0.717) is 25.6 Å². The first-order valence-corrected chi connectivity index (χ1v) is 7.26. The molecule has 0 aromatic heterocycles. The summed E-state index contributed by atoms with van der Waals surface area (Å²) >= 11 is 1.90. The molecular weight excluding hydrogens is 256 g/mol. The van der Waals surface area contributed by atoms with Gasteiger partial charge in [0.05, 0.1) is 13.2 Å². The van der Waals surface area contributed by atoms with Gasteiger partial charge in [-0.2, -0.15) is 11.8 Å². The smallest absolute Gasteiger partial charge is 0.328 e. The summed E-state index contributed by atoms with van der Waals surface area (Å²) in [5.74, 6) is 1.73. The van der Waals surface area contributed by atoms with Gasteiger partial charge in [-0.3, -0.25) is 0 Å². The number of carbonyl (C=O) groups excluding carboxylic acids is 1. The van der Waals surface area contributed by atoms with Crippen molar-refractivity contribution in [3.63, 3.8) is 0 Å². The van der Waals surface area contributed by atoms with Crippen LogP contribution in [0.4, 0.5) is 4.79 Å². The molecule has 2 rings (SSSR count). The van der Waals surface area contributed by atoms with E-state index in [2.05, 4.69) is 5.32 Å². The molecule has 2 aliphatic heterocycles. The molecule has 2 aliphatic rings. The number of ether oxygens (including phenoxy) is 1. The lowest BCUT2D eigenvalue weighted by Gasteiger charge is -2.33. The number of aliphatic carboxylic acids is 1. The zero-order valence-electron chi connectivity index (χ0n) is 10.1. The molecule has 0 bridgehead atoms. The number of thioether (sulfide) groups is 1. The van der Waals surface area contributed by atoms with Gasteiger partial charge in [-0.15, -0.1) is 0 Å². The molecular formula is C11H18N2O4S. The highest BCUT2D eigenvalue weighted by Crippen LogP contribution is 2.22. The van der Waals surface area contributed by atoms with Crippen LogP contribution in [0.2, 0.25) is 0 Å². The lowest BCUT2D eigenvalue weighted by Crippen LogP contribution is -2.56. The maximum Gasteiger partial charge on any atom is 0.328 e. The highest BCUT2D eigenvalue weighted by Gasteiger charge is 2.32. The molecule has 0 saturated carbocycles. The first-order valence-electron chi connectivity index (χ1n) is 6.11. The molecule has 2 unspecified atom stereocenters. The summed E-state index contributed by atoms with van der Waals surface area (Å²) in [6.45, 7) is 1.44. The van der Waals surface area contributed by atoms with Crippen molar-refractivity contribution in [1.82, 2.24) is 10.2 Å². The average Bonchev–Trinajstić information content (AvgIpc) is 2.89. The third-order valence-electron chi connectivity index (χ3n) is 3.24. The quantitative estimate of drug-likeness (QED) is 0.770. The zero-order chi connectivity index (χ0) is 13.0. The van der Waals surface area contributed by atoms with Crippen molar-refractivity contribution in [2.24, 2.45) is 5.92 Å². The maximum absolute atomic E-state index is 12.0. The van der Waals surface area contributed by atoms with Gasteiger partial charge in [0.1, 0.15) is 0 Å². The average molecular weight is 274 g/mol. The predicted molar refractivity (Wildman–Crippen MR) is 67.8 cm³/mol. The van der Waals surface area contributed by atoms with Crippen molar-refractivity contribution in [3.05, 3.63) is 0 Å². The van der Waals surface area contributed by atoms with Gasteiger partial charge < -0.3 is 20.1 Å². The summed E-state index contributed by atoms with van der Waals surface area (Å²) in [5, 5.41) is 11.9. The Labute approximate surface area is 110 Å². The fourth-order valence-corrected chi connectivity index (χ4v) is 3.41. The molecule has 18 heavy (non-hydrogen) atoms. The van der Waals surface area contributed by atoms with Gasteiger partial charge in [-0.25, -0.2) is 9.59 Å². The summed E-state index contributed by atoms with van der Waals surface area (Å²) in [7, 11) is 0. The van der Waals surface area contributed by atoms with Crippen LogP contribution in [0.3, 0.4) is 0 Å². The lowest BCUT2D eigenvalue weighted by molar-refractivity contribution is -0.147. The fraction of sp³-hybridized carbons (Fsp3) is 0.818. The second-order valence-corrected chi connectivity index (χ2v) is 5.69. The number of rotatable bonds is 3. The number of carboxylic acid groups (broad SMARTS) is 1. The molecule has 2 amide bonds. The maximum atomic E-state index is 12.0. The number of hydrogen-bond donors (Lipinski definition) is 2. The van der Waals surface area contributed by atoms with Crippen LogP contribution in [-0.2, 0) is 9.53 Å². The molecule has 0 radical (unpaired) electrons. The Balaban J connectivity index is 1.83. The predicted octanol–water partition coefficient (Wildman–Crippen LogP) is 0.234. The second kappa shape index (κ2) is 6.29. The van der Waals surface area contributed by atoms with Gasteiger partial charge >= 0.3 is 12.0 Å². The minimum absolute atomic E-state index is 0.0715. The molecule has 2 atom stereocenters. The first kappa shape index (κ1) is 13.5. The number of morpholine rings is 1. The number of nitrogens with zero attached hydrogens (tertiary/aromatic N) is 1. The number of amides is 2. The second-order valence-electron chi connectivity index (χ2n) is 4.54. The highest BCUT2D eigenvalue weighted by molar-refractivity contribution is 7.99. The van der Waals surface area contributed by atoms with Crippen molar-refractivity contribution < 1.29 is 19.4 Å². The van der Waals surface area contributed by atoms with Crippen molar-refractivity contribution in [3.8, 4) is 0 Å². The van der Waals surface area contributed by atoms with Crippen molar-refractivity contribution in [1.29, 1.82) is 0 Å². The van der Waals surface area contributed by atoms with E-state index in [1.807, 2.05) is 11.8 Å². The zero-order valence-corrected chi connectivity index (χ0v) is 10.9. The van der Waals surface area contributed by atoms with E-state index in [0.717, 1.165) is 17.9 Å². The van der Waals surface area contributed by atoms with Gasteiger partial charge in [-0.1, -0.05) is 0 Å². The molecule has 0 aliphatic carbocycles. The fourth-order valence-electron chi connectivity index (χ4n) is 2.13. The third kappa shape index (κ3) is 3.29. The van der Waals surface area contributed by atoms with E-state index in [9.17, 15) is 9.59 Å². The summed E-state index contributed by atoms with van der Waals surface area (Å²) in [5.41, 5.74) is 0. The van der Waals surface area contributed by atoms with Crippen molar-refractivity contribution in [2.75, 3.05) is 37.8 Å². The van der Waals surface area contributed by atoms with Crippen molar-refractivity contribution in [2.45, 2.75) is 12.5 Å². The number of hydrogen-bond acceptors (Lipinski definition) is 4. The number of nitrogens with one attached hydrogen (secondary N) is 1. The molecule has 2 N–H and O–H groups in total. The van der Waals surface area contributed by atoms with Crippen LogP contribution in [0.5, 0.6) is 0 Å². The molecule has 6 nitrogen and oxygen atoms in total. The van der Waals surface area contributed by atoms with Crippen LogP contribution >= 0.6 is 11.8 Å². The van der Waals surface area contributed by atoms with E-state index >= 15 is 0 Å². The summed E-state index contributed by atoms with van der Waals surface area (Å²) in [4.78, 5) is 24.3. The summed E-state index contributed by atoms with van der Waals surface area (Å²) < 4.78 is 5.10. The monoisotopic (exact) mass is 274 g/mol. The number of carbonyl (C=O) groups is 2. The summed E-state index contributed by atoms with van der Waals surface area (Å²) in [6, 6.07) is -1.15. The normalized spacial score (nSPS) is 28.1. The van der Waals surface area contributed by atoms with E-state index in [1.165, 1.54) is 4.90 Å².